The van der Waals surface area contributed by atoms with Gasteiger partial charge in [-0.15, -0.1) is 0 Å². The van der Waals surface area contributed by atoms with E-state index in [4.69, 9.17) is 0 Å². The van der Waals surface area contributed by atoms with Crippen LogP contribution < -0.4 is 5.73 Å². The van der Waals surface area contributed by atoms with Crippen LogP contribution in [0.15, 0.2) is 0 Å². The van der Waals surface area contributed by atoms with Crippen molar-refractivity contribution in [1.29, 1.82) is 0 Å². The summed E-state index contributed by atoms with van der Waals surface area (Å²) in [5, 5.41) is 0. The maximum Gasteiger partial charge on any atom is 0.484 e. The molecule has 1 atom stereocenters. The molecule has 0 radical (unpaired) electrons. The van der Waals surface area contributed by atoms with Gasteiger partial charge in [0, 0.05) is 0 Å². The summed E-state index contributed by atoms with van der Waals surface area (Å²) in [6, 6.07) is 0. The van der Waals surface area contributed by atoms with Crippen LogP contribution in [0.1, 0.15) is 0 Å². The van der Waals surface area contributed by atoms with Crippen LogP contribution in [0.5, 0.6) is 0 Å². The van der Waals surface area contributed by atoms with Gasteiger partial charge in [0.05, 0.1) is 0 Å². The van der Waals surface area contributed by atoms with Crippen LogP contribution in [0, 0.1) is 0 Å². The standard InChI is InChI=1S/C7H2F15N/c8-1(9,2(10,11)4(14,15)6(17,18)19)3(12,13)5(16,23)7(20,21)22/h23H2/p+1. The van der Waals surface area contributed by atoms with E-state index in [1.54, 1.807) is 0 Å². The van der Waals surface area contributed by atoms with Gasteiger partial charge in [0.1, 0.15) is 0 Å². The molecule has 0 rings (SSSR count). The first-order chi connectivity index (χ1) is 9.50. The summed E-state index contributed by atoms with van der Waals surface area (Å²) >= 11 is 0. The molecule has 1 nitrogen and oxygen atoms in total. The molecule has 0 aliphatic heterocycles. The Hall–Kier alpha value is -1.09. The van der Waals surface area contributed by atoms with Gasteiger partial charge in [0.25, 0.3) is 0 Å². The lowest BCUT2D eigenvalue weighted by Crippen LogP contribution is -2.88. The SMILES string of the molecule is [NH3+]C(F)(C(F)(F)F)C(F)(F)C(F)(F)C(F)(F)C(F)(F)C(F)(F)F. The van der Waals surface area contributed by atoms with Crippen molar-refractivity contribution < 1.29 is 71.6 Å². The van der Waals surface area contributed by atoms with Gasteiger partial charge in [-0.2, -0.15) is 65.9 Å². The number of hydrogen-bond donors (Lipinski definition) is 1. The van der Waals surface area contributed by atoms with E-state index >= 15 is 0 Å². The van der Waals surface area contributed by atoms with Crippen molar-refractivity contribution in [3.05, 3.63) is 0 Å². The number of halogens is 15. The molecule has 0 bridgehead atoms. The minimum absolute atomic E-state index is 0.856. The van der Waals surface area contributed by atoms with Crippen molar-refractivity contribution in [1.82, 2.24) is 0 Å². The molecule has 0 fully saturated rings. The Kier molecular flexibility index (Phi) is 4.72. The summed E-state index contributed by atoms with van der Waals surface area (Å²) < 4.78 is 184. The summed E-state index contributed by atoms with van der Waals surface area (Å²) in [4.78, 5) is 0. The fraction of sp³-hybridized carbons (Fsp3) is 1.00. The second-order valence-electron chi connectivity index (χ2n) is 4.09. The second-order valence-corrected chi connectivity index (χ2v) is 4.09. The third kappa shape index (κ3) is 2.67. The highest BCUT2D eigenvalue weighted by molar-refractivity contribution is 5.11. The molecule has 0 saturated carbocycles. The molecule has 0 aliphatic carbocycles. The van der Waals surface area contributed by atoms with E-state index in [1.165, 1.54) is 0 Å². The third-order valence-electron chi connectivity index (χ3n) is 2.49. The zero-order valence-electron chi connectivity index (χ0n) is 9.88. The topological polar surface area (TPSA) is 27.6 Å². The van der Waals surface area contributed by atoms with Gasteiger partial charge in [0.15, 0.2) is 0 Å². The molecule has 16 heteroatoms. The monoisotopic (exact) mass is 386 g/mol. The highest BCUT2D eigenvalue weighted by atomic mass is 19.4. The van der Waals surface area contributed by atoms with Crippen LogP contribution in [-0.2, 0) is 0 Å². The Morgan fingerprint density at radius 1 is 0.348 bits per heavy atom. The van der Waals surface area contributed by atoms with Crippen molar-refractivity contribution in [2.75, 3.05) is 0 Å². The third-order valence-corrected chi connectivity index (χ3v) is 2.49. The van der Waals surface area contributed by atoms with Crippen LogP contribution in [0.4, 0.5) is 65.9 Å². The fourth-order valence-electron chi connectivity index (χ4n) is 0.999. The minimum atomic E-state index is -8.14. The first-order valence-corrected chi connectivity index (χ1v) is 4.69. The zero-order chi connectivity index (χ0) is 19.5. The number of hydrogen-bond acceptors (Lipinski definition) is 0. The molecule has 0 aromatic heterocycles. The molecule has 23 heavy (non-hydrogen) atoms. The predicted molar refractivity (Wildman–Crippen MR) is 38.6 cm³/mol. The van der Waals surface area contributed by atoms with Crippen molar-refractivity contribution in [2.45, 2.75) is 41.8 Å². The molecule has 0 amide bonds. The van der Waals surface area contributed by atoms with E-state index in [9.17, 15) is 65.9 Å². The largest absolute Gasteiger partial charge is 0.484 e. The van der Waals surface area contributed by atoms with Crippen LogP contribution in [0.2, 0.25) is 0 Å². The van der Waals surface area contributed by atoms with Crippen molar-refractivity contribution >= 4 is 0 Å². The molecule has 0 aromatic rings. The van der Waals surface area contributed by atoms with Gasteiger partial charge in [-0.3, -0.25) is 0 Å². The fourth-order valence-corrected chi connectivity index (χ4v) is 0.999. The second kappa shape index (κ2) is 4.95. The molecule has 0 aliphatic rings. The highest BCUT2D eigenvalue weighted by Gasteiger charge is 2.94. The molecule has 0 aromatic carbocycles. The van der Waals surface area contributed by atoms with Crippen LogP contribution >= 0.6 is 0 Å². The molecule has 0 heterocycles. The van der Waals surface area contributed by atoms with Gasteiger partial charge < -0.3 is 5.73 Å². The van der Waals surface area contributed by atoms with Gasteiger partial charge in [-0.25, -0.2) is 0 Å². The Morgan fingerprint density at radius 3 is 0.826 bits per heavy atom. The van der Waals surface area contributed by atoms with Crippen molar-refractivity contribution in [2.24, 2.45) is 0 Å². The molecule has 1 unspecified atom stereocenters. The van der Waals surface area contributed by atoms with Crippen LogP contribution in [-0.4, -0.2) is 41.8 Å². The Labute approximate surface area is 115 Å². The molecular weight excluding hydrogens is 383 g/mol. The van der Waals surface area contributed by atoms with Crippen molar-refractivity contribution in [3.8, 4) is 0 Å². The average molecular weight is 386 g/mol. The van der Waals surface area contributed by atoms with Crippen LogP contribution in [0.3, 0.4) is 0 Å². The van der Waals surface area contributed by atoms with E-state index in [0.29, 0.717) is 0 Å². The first kappa shape index (κ1) is 21.9. The number of quaternary nitrogens is 1. The highest BCUT2D eigenvalue weighted by Crippen LogP contribution is 2.60. The van der Waals surface area contributed by atoms with Crippen LogP contribution in [0.25, 0.3) is 0 Å². The van der Waals surface area contributed by atoms with E-state index in [2.05, 4.69) is 0 Å². The normalized spacial score (nSPS) is 18.8. The van der Waals surface area contributed by atoms with Crippen molar-refractivity contribution in [3.63, 3.8) is 0 Å². The summed E-state index contributed by atoms with van der Waals surface area (Å²) in [7, 11) is 0. The van der Waals surface area contributed by atoms with Gasteiger partial charge in [0.2, 0.25) is 0 Å². The van der Waals surface area contributed by atoms with E-state index in [1.807, 2.05) is 0 Å². The molecular formula is C7H3F15N+. The lowest BCUT2D eigenvalue weighted by molar-refractivity contribution is -0.638. The molecule has 140 valence electrons. The predicted octanol–water partition coefficient (Wildman–Crippen LogP) is 3.56. The maximum absolute atomic E-state index is 12.8. The smallest absolute Gasteiger partial charge is 0.313 e. The number of rotatable bonds is 4. The van der Waals surface area contributed by atoms with E-state index < -0.39 is 41.8 Å². The van der Waals surface area contributed by atoms with E-state index in [0.717, 1.165) is 5.73 Å². The quantitative estimate of drug-likeness (QED) is 0.566. The average Bonchev–Trinajstić information content (AvgIpc) is 2.24. The Balaban J connectivity index is 6.37. The summed E-state index contributed by atoms with van der Waals surface area (Å²) in [6.45, 7) is 0. The minimum Gasteiger partial charge on any atom is -0.313 e. The zero-order valence-corrected chi connectivity index (χ0v) is 9.88. The van der Waals surface area contributed by atoms with Gasteiger partial charge in [-0.1, -0.05) is 0 Å². The maximum atomic E-state index is 12.8. The van der Waals surface area contributed by atoms with Gasteiger partial charge in [-0.05, 0) is 0 Å². The summed E-state index contributed by atoms with van der Waals surface area (Å²) in [5.74, 6) is -38.7. The molecule has 3 N–H and O–H groups in total. The Bertz CT molecular complexity index is 400. The van der Waals surface area contributed by atoms with Gasteiger partial charge >= 0.3 is 41.8 Å². The summed E-state index contributed by atoms with van der Waals surface area (Å²) in [6.07, 6.45) is -14.7. The lowest BCUT2D eigenvalue weighted by atomic mass is 9.92. The first-order valence-electron chi connectivity index (χ1n) is 4.69. The summed E-state index contributed by atoms with van der Waals surface area (Å²) in [5.41, 5.74) is 0.856. The van der Waals surface area contributed by atoms with E-state index in [-0.39, 0.29) is 0 Å². The number of alkyl halides is 15. The lowest BCUT2D eigenvalue weighted by Gasteiger charge is -2.39. The Morgan fingerprint density at radius 2 is 0.609 bits per heavy atom. The molecule has 0 spiro atoms. The molecule has 0 saturated heterocycles.